The van der Waals surface area contributed by atoms with Crippen LogP contribution in [0.1, 0.15) is 183 Å². The summed E-state index contributed by atoms with van der Waals surface area (Å²) in [5, 5.41) is 10.2. The number of anilines is 1. The summed E-state index contributed by atoms with van der Waals surface area (Å²) in [6.45, 7) is 22.0. The first-order valence-electron chi connectivity index (χ1n) is 22.6. The summed E-state index contributed by atoms with van der Waals surface area (Å²) in [4.78, 5) is 55.1. The molecule has 3 spiro atoms. The van der Waals surface area contributed by atoms with Crippen molar-refractivity contribution in [1.82, 2.24) is 20.9 Å². The monoisotopic (exact) mass is 808 g/mol. The van der Waals surface area contributed by atoms with E-state index in [0.717, 1.165) is 37.7 Å². The fraction of sp³-hybridized carbons (Fsp3) is 0.787. The molecule has 11 heteroatoms. The molecule has 0 bridgehead atoms. The zero-order chi connectivity index (χ0) is 42.6. The Morgan fingerprint density at radius 3 is 1.71 bits per heavy atom. The van der Waals surface area contributed by atoms with Crippen LogP contribution in [-0.4, -0.2) is 80.9 Å². The van der Waals surface area contributed by atoms with Crippen molar-refractivity contribution in [2.45, 2.75) is 224 Å². The van der Waals surface area contributed by atoms with Crippen molar-refractivity contribution in [3.63, 3.8) is 0 Å². The lowest BCUT2D eigenvalue weighted by molar-refractivity contribution is -0.202. The van der Waals surface area contributed by atoms with Gasteiger partial charge in [-0.05, 0) is 113 Å². The number of unbranched alkanes of at least 4 members (excludes halogenated alkanes) is 9. The molecule has 0 unspecified atom stereocenters. The number of nitrogens with one attached hydrogen (secondary N) is 3. The predicted molar refractivity (Wildman–Crippen MR) is 231 cm³/mol. The van der Waals surface area contributed by atoms with Crippen LogP contribution in [0.5, 0.6) is 0 Å². The molecule has 1 saturated carbocycles. The van der Waals surface area contributed by atoms with E-state index < -0.39 is 16.9 Å². The van der Waals surface area contributed by atoms with Crippen LogP contribution in [0, 0.1) is 6.92 Å². The van der Waals surface area contributed by atoms with Crippen molar-refractivity contribution in [3.8, 4) is 0 Å². The normalized spacial score (nSPS) is 24.1. The van der Waals surface area contributed by atoms with Gasteiger partial charge in [0, 0.05) is 41.5 Å². The Morgan fingerprint density at radius 1 is 0.707 bits per heavy atom. The summed E-state index contributed by atoms with van der Waals surface area (Å²) < 4.78 is 12.2. The smallest absolute Gasteiger partial charge is 0.329 e. The van der Waals surface area contributed by atoms with E-state index in [1.807, 2.05) is 36.1 Å². The van der Waals surface area contributed by atoms with Crippen LogP contribution in [0.4, 0.5) is 10.5 Å². The van der Waals surface area contributed by atoms with Gasteiger partial charge in [0.15, 0.2) is 5.60 Å². The number of amides is 4. The number of piperidine rings is 2. The van der Waals surface area contributed by atoms with Crippen molar-refractivity contribution in [2.24, 2.45) is 0 Å². The number of hydrogen-bond donors (Lipinski definition) is 3. The molecule has 5 aliphatic rings. The second-order valence-electron chi connectivity index (χ2n) is 21.0. The Bertz CT molecular complexity index is 1580. The molecule has 0 radical (unpaired) electrons. The van der Waals surface area contributed by atoms with Gasteiger partial charge in [-0.15, -0.1) is 0 Å². The molecule has 5 fully saturated rings. The highest BCUT2D eigenvalue weighted by atomic mass is 16.6. The maximum absolute atomic E-state index is 13.8. The molecule has 1 aromatic carbocycles. The Balaban J connectivity index is 0.000000240. The number of esters is 1. The first-order chi connectivity index (χ1) is 27.1. The standard InChI is InChI=1S/C29H52N2O4.C18H25N3O2/c1-6-7-8-9-10-11-12-13-14-15-21-34-24(32)17-20-31-25(33)28(35-29(31)18-16-19-29)22-26(2,3)30-27(4,5)23-28;1-12-6-8-13(9-7-12)21-14(22)18(19-15(21)23)10-16(2,3)20-17(4,5)11-18/h30H,6-23H2,1-5H3;6-9,20H,10-11H2,1-5H3,(H,19,23). The number of nitrogens with zero attached hydrogens (tertiary/aromatic N) is 2. The average molecular weight is 808 g/mol. The van der Waals surface area contributed by atoms with Crippen molar-refractivity contribution in [3.05, 3.63) is 29.8 Å². The Labute approximate surface area is 349 Å². The summed E-state index contributed by atoms with van der Waals surface area (Å²) in [7, 11) is 0. The lowest BCUT2D eigenvalue weighted by Gasteiger charge is -2.51. The minimum Gasteiger partial charge on any atom is -0.466 e. The molecule has 11 nitrogen and oxygen atoms in total. The lowest BCUT2D eigenvalue weighted by Crippen LogP contribution is -2.68. The van der Waals surface area contributed by atoms with E-state index in [1.165, 1.54) is 56.3 Å². The van der Waals surface area contributed by atoms with Crippen molar-refractivity contribution in [2.75, 3.05) is 18.1 Å². The highest BCUT2D eigenvalue weighted by Gasteiger charge is 2.66. The van der Waals surface area contributed by atoms with Gasteiger partial charge in [-0.1, -0.05) is 82.4 Å². The van der Waals surface area contributed by atoms with Crippen molar-refractivity contribution >= 4 is 29.5 Å². The van der Waals surface area contributed by atoms with Gasteiger partial charge in [-0.3, -0.25) is 14.4 Å². The highest BCUT2D eigenvalue weighted by molar-refractivity contribution is 6.23. The molecule has 4 saturated heterocycles. The summed E-state index contributed by atoms with van der Waals surface area (Å²) in [5.74, 6) is -0.272. The molecule has 4 amide bonds. The Hall–Kier alpha value is -3.02. The fourth-order valence-electron chi connectivity index (χ4n) is 11.2. The number of benzene rings is 1. The third kappa shape index (κ3) is 11.0. The van der Waals surface area contributed by atoms with Crippen LogP contribution in [0.15, 0.2) is 24.3 Å². The Morgan fingerprint density at radius 2 is 1.21 bits per heavy atom. The maximum Gasteiger partial charge on any atom is 0.329 e. The van der Waals surface area contributed by atoms with Gasteiger partial charge < -0.3 is 30.3 Å². The molecule has 3 N–H and O–H groups in total. The van der Waals surface area contributed by atoms with E-state index in [1.54, 1.807) is 0 Å². The predicted octanol–water partition coefficient (Wildman–Crippen LogP) is 8.99. The SMILES string of the molecule is CCCCCCCCCCCCOC(=O)CCN1C(=O)C2(CC(C)(C)NC(C)(C)C2)OC12CCC2.Cc1ccc(N2C(=O)NC3(CC(C)(C)NC(C)(C)C3)C2=O)cc1. The second kappa shape index (κ2) is 17.9. The minimum atomic E-state index is -0.833. The molecule has 4 heterocycles. The van der Waals surface area contributed by atoms with E-state index in [-0.39, 0.29) is 52.4 Å². The number of hydrogen-bond acceptors (Lipinski definition) is 8. The molecular formula is C47H77N5O6. The fourth-order valence-corrected chi connectivity index (χ4v) is 11.2. The largest absolute Gasteiger partial charge is 0.466 e. The van der Waals surface area contributed by atoms with E-state index in [4.69, 9.17) is 9.47 Å². The summed E-state index contributed by atoms with van der Waals surface area (Å²) >= 11 is 0. The molecule has 1 aliphatic carbocycles. The van der Waals surface area contributed by atoms with E-state index >= 15 is 0 Å². The number of ether oxygens (including phenoxy) is 2. The molecule has 326 valence electrons. The van der Waals surface area contributed by atoms with Gasteiger partial charge in [-0.2, -0.15) is 0 Å². The van der Waals surface area contributed by atoms with Crippen molar-refractivity contribution < 1.29 is 28.7 Å². The van der Waals surface area contributed by atoms with Crippen LogP contribution in [0.25, 0.3) is 0 Å². The van der Waals surface area contributed by atoms with Crippen LogP contribution in [0.2, 0.25) is 0 Å². The lowest BCUT2D eigenvalue weighted by atomic mass is 9.71. The van der Waals surface area contributed by atoms with Crippen LogP contribution in [-0.2, 0) is 23.9 Å². The highest BCUT2D eigenvalue weighted by Crippen LogP contribution is 2.54. The quantitative estimate of drug-likeness (QED) is 0.0911. The van der Waals surface area contributed by atoms with Gasteiger partial charge in [0.1, 0.15) is 11.3 Å². The molecule has 0 aromatic heterocycles. The van der Waals surface area contributed by atoms with Gasteiger partial charge >= 0.3 is 12.0 Å². The van der Waals surface area contributed by atoms with Gasteiger partial charge in [0.25, 0.3) is 11.8 Å². The van der Waals surface area contributed by atoms with Crippen LogP contribution < -0.4 is 20.9 Å². The first-order valence-corrected chi connectivity index (χ1v) is 22.6. The number of urea groups is 1. The second-order valence-corrected chi connectivity index (χ2v) is 21.0. The molecule has 6 rings (SSSR count). The summed E-state index contributed by atoms with van der Waals surface area (Å²) in [5.41, 5.74) is -1.25. The average Bonchev–Trinajstić information content (AvgIpc) is 3.44. The molecule has 1 aromatic rings. The number of aryl methyl sites for hydroxylation is 1. The number of carbonyl (C=O) groups is 4. The van der Waals surface area contributed by atoms with Gasteiger partial charge in [0.2, 0.25) is 0 Å². The van der Waals surface area contributed by atoms with E-state index in [0.29, 0.717) is 44.5 Å². The third-order valence-corrected chi connectivity index (χ3v) is 12.7. The molecular weight excluding hydrogens is 731 g/mol. The molecule has 58 heavy (non-hydrogen) atoms. The molecule has 0 atom stereocenters. The van der Waals surface area contributed by atoms with Gasteiger partial charge in [-0.25, -0.2) is 9.69 Å². The van der Waals surface area contributed by atoms with Crippen LogP contribution >= 0.6 is 0 Å². The Kier molecular flexibility index (Phi) is 14.2. The maximum atomic E-state index is 13.8. The van der Waals surface area contributed by atoms with Crippen LogP contribution in [0.3, 0.4) is 0 Å². The number of rotatable bonds is 15. The number of carbonyl (C=O) groups excluding carboxylic acids is 4. The summed E-state index contributed by atoms with van der Waals surface area (Å²) in [6, 6.07) is 7.15. The molecule has 4 aliphatic heterocycles. The van der Waals surface area contributed by atoms with Crippen molar-refractivity contribution in [1.29, 1.82) is 0 Å². The zero-order valence-corrected chi connectivity index (χ0v) is 37.8. The summed E-state index contributed by atoms with van der Waals surface area (Å²) in [6.07, 6.45) is 18.1. The zero-order valence-electron chi connectivity index (χ0n) is 37.8. The number of imide groups is 1. The first kappa shape index (κ1) is 46.1. The third-order valence-electron chi connectivity index (χ3n) is 12.7. The topological polar surface area (TPSA) is 129 Å². The van der Waals surface area contributed by atoms with E-state index in [2.05, 4.69) is 78.3 Å². The van der Waals surface area contributed by atoms with Gasteiger partial charge in [0.05, 0.1) is 18.7 Å². The minimum absolute atomic E-state index is 0.0716. The van der Waals surface area contributed by atoms with E-state index in [9.17, 15) is 19.2 Å².